The number of hydrogen-bond donors (Lipinski definition) is 1. The van der Waals surface area contributed by atoms with Crippen molar-refractivity contribution in [3.8, 4) is 0 Å². The van der Waals surface area contributed by atoms with E-state index >= 15 is 0 Å². The zero-order valence-electron chi connectivity index (χ0n) is 20.4. The second-order valence-electron chi connectivity index (χ2n) is 10.3. The van der Waals surface area contributed by atoms with E-state index in [1.165, 1.54) is 11.8 Å². The summed E-state index contributed by atoms with van der Waals surface area (Å²) in [7, 11) is 0. The first-order valence-corrected chi connectivity index (χ1v) is 13.4. The third-order valence-electron chi connectivity index (χ3n) is 8.07. The average molecular weight is 506 g/mol. The van der Waals surface area contributed by atoms with Crippen LogP contribution in [0, 0.1) is 11.8 Å². The van der Waals surface area contributed by atoms with Crippen LogP contribution in [0.3, 0.4) is 0 Å². The van der Waals surface area contributed by atoms with Crippen LogP contribution in [0.5, 0.6) is 0 Å². The van der Waals surface area contributed by atoms with Gasteiger partial charge in [-0.2, -0.15) is 0 Å². The van der Waals surface area contributed by atoms with Crippen molar-refractivity contribution in [2.75, 3.05) is 59.2 Å². The number of ether oxygens (including phenoxy) is 2. The van der Waals surface area contributed by atoms with E-state index in [4.69, 9.17) is 9.47 Å². The Balaban J connectivity index is 1.52. The van der Waals surface area contributed by atoms with E-state index in [0.29, 0.717) is 32.7 Å². The number of hydrogen-bond acceptors (Lipinski definition) is 8. The molecular weight excluding hydrogens is 470 g/mol. The molecule has 5 aliphatic rings. The summed E-state index contributed by atoms with van der Waals surface area (Å²) in [6.07, 6.45) is 8.64. The highest BCUT2D eigenvalue weighted by Crippen LogP contribution is 2.65. The lowest BCUT2D eigenvalue weighted by Crippen LogP contribution is -2.57. The summed E-state index contributed by atoms with van der Waals surface area (Å²) < 4.78 is 9.41. The van der Waals surface area contributed by atoms with Crippen molar-refractivity contribution in [1.29, 1.82) is 0 Å². The quantitative estimate of drug-likeness (QED) is 0.421. The number of carbonyl (C=O) groups is 3. The molecule has 3 fully saturated rings. The molecule has 0 aliphatic carbocycles. The number of cyclic esters (lactones) is 1. The van der Waals surface area contributed by atoms with E-state index < -0.39 is 33.4 Å². The summed E-state index contributed by atoms with van der Waals surface area (Å²) in [4.78, 5) is 47.1. The largest absolute Gasteiger partial charge is 0.465 e. The number of esters is 1. The maximum Gasteiger partial charge on any atom is 0.311 e. The topological polar surface area (TPSA) is 99.6 Å². The lowest BCUT2D eigenvalue weighted by atomic mass is 9.74. The molecule has 10 heteroatoms. The van der Waals surface area contributed by atoms with Gasteiger partial charge in [-0.25, -0.2) is 0 Å². The number of nitrogens with zero attached hydrogens (tertiary/aromatic N) is 3. The lowest BCUT2D eigenvalue weighted by Gasteiger charge is -2.39. The van der Waals surface area contributed by atoms with Crippen LogP contribution in [0.25, 0.3) is 0 Å². The Morgan fingerprint density at radius 3 is 2.60 bits per heavy atom. The van der Waals surface area contributed by atoms with Gasteiger partial charge < -0.3 is 24.4 Å². The Morgan fingerprint density at radius 2 is 1.86 bits per heavy atom. The van der Waals surface area contributed by atoms with E-state index in [9.17, 15) is 19.5 Å². The number of morpholine rings is 1. The number of carbonyl (C=O) groups excluding carboxylic acids is 3. The maximum absolute atomic E-state index is 14.2. The molecule has 5 heterocycles. The Labute approximate surface area is 210 Å². The number of aliphatic hydroxyl groups is 1. The SMILES string of the molecule is C[C@H](CO)N1C(=O)[C@@H]2[C@@H]3C(=O)OCCC=C[C@]3(C)S[C@@]23C=CCN(CCN2CCOCC2)C(=O)C13. The molecule has 192 valence electrons. The summed E-state index contributed by atoms with van der Waals surface area (Å²) in [6.45, 7) is 8.54. The number of rotatable bonds is 5. The molecule has 1 unspecified atom stereocenters. The molecular formula is C25H35N3O6S. The smallest absolute Gasteiger partial charge is 0.311 e. The van der Waals surface area contributed by atoms with Gasteiger partial charge in [0.1, 0.15) is 6.04 Å². The Bertz CT molecular complexity index is 936. The third-order valence-corrected chi connectivity index (χ3v) is 9.87. The average Bonchev–Trinajstić information content (AvgIpc) is 3.18. The number of amides is 2. The number of thioether (sulfide) groups is 1. The third kappa shape index (κ3) is 4.02. The minimum absolute atomic E-state index is 0.123. The van der Waals surface area contributed by atoms with Gasteiger partial charge in [-0.15, -0.1) is 11.8 Å². The molecule has 0 aromatic heterocycles. The minimum Gasteiger partial charge on any atom is -0.465 e. The predicted octanol–water partition coefficient (Wildman–Crippen LogP) is 0.288. The molecule has 5 rings (SSSR count). The first kappa shape index (κ1) is 24.8. The van der Waals surface area contributed by atoms with Crippen molar-refractivity contribution in [2.45, 2.75) is 41.8 Å². The van der Waals surface area contributed by atoms with Crippen LogP contribution in [-0.4, -0.2) is 118 Å². The molecule has 0 bridgehead atoms. The van der Waals surface area contributed by atoms with Gasteiger partial charge in [0.2, 0.25) is 11.8 Å². The van der Waals surface area contributed by atoms with Crippen molar-refractivity contribution in [2.24, 2.45) is 11.8 Å². The zero-order chi connectivity index (χ0) is 24.8. The molecule has 9 nitrogen and oxygen atoms in total. The minimum atomic E-state index is -0.904. The molecule has 5 aliphatic heterocycles. The molecule has 1 N–H and O–H groups in total. The first-order valence-electron chi connectivity index (χ1n) is 12.6. The van der Waals surface area contributed by atoms with Gasteiger partial charge in [-0.1, -0.05) is 24.3 Å². The zero-order valence-corrected chi connectivity index (χ0v) is 21.2. The fourth-order valence-corrected chi connectivity index (χ4v) is 8.46. The van der Waals surface area contributed by atoms with Gasteiger partial charge in [0.15, 0.2) is 0 Å². The summed E-state index contributed by atoms with van der Waals surface area (Å²) in [5.41, 5.74) is 0. The fraction of sp³-hybridized carbons (Fsp3) is 0.720. The molecule has 0 radical (unpaired) electrons. The van der Waals surface area contributed by atoms with E-state index in [1.807, 2.05) is 36.1 Å². The van der Waals surface area contributed by atoms with Crippen molar-refractivity contribution in [1.82, 2.24) is 14.7 Å². The summed E-state index contributed by atoms with van der Waals surface area (Å²) in [5, 5.41) is 10.0. The van der Waals surface area contributed by atoms with E-state index in [1.54, 1.807) is 11.8 Å². The van der Waals surface area contributed by atoms with Crippen molar-refractivity contribution in [3.63, 3.8) is 0 Å². The predicted molar refractivity (Wildman–Crippen MR) is 131 cm³/mol. The van der Waals surface area contributed by atoms with Crippen LogP contribution in [-0.2, 0) is 23.9 Å². The van der Waals surface area contributed by atoms with Crippen LogP contribution >= 0.6 is 11.8 Å². The van der Waals surface area contributed by atoms with Crippen LogP contribution in [0.4, 0.5) is 0 Å². The normalized spacial score (nSPS) is 38.4. The fourth-order valence-electron chi connectivity index (χ4n) is 6.32. The second kappa shape index (κ2) is 9.53. The summed E-state index contributed by atoms with van der Waals surface area (Å²) in [6, 6.07) is -1.33. The highest BCUT2D eigenvalue weighted by molar-refractivity contribution is 8.02. The standard InChI is InChI=1S/C25H35N3O6S/c1-17(16-29)28-20-22(31)27(10-9-26-11-14-33-15-12-26)8-5-7-25(20)18(21(28)30)19-23(32)34-13-4-3-6-24(19,2)35-25/h3,5-7,17-20,29H,4,8-16H2,1-2H3/t17-,18+,19-,20?,24+,25+/m1/s1. The van der Waals surface area contributed by atoms with Crippen LogP contribution < -0.4 is 0 Å². The van der Waals surface area contributed by atoms with E-state index in [-0.39, 0.29) is 31.0 Å². The summed E-state index contributed by atoms with van der Waals surface area (Å²) >= 11 is 1.53. The molecule has 6 atom stereocenters. The summed E-state index contributed by atoms with van der Waals surface area (Å²) in [5.74, 6) is -2.19. The van der Waals surface area contributed by atoms with E-state index in [2.05, 4.69) is 4.90 Å². The van der Waals surface area contributed by atoms with Crippen molar-refractivity contribution >= 4 is 29.5 Å². The molecule has 0 saturated carbocycles. The van der Waals surface area contributed by atoms with Crippen LogP contribution in [0.15, 0.2) is 24.3 Å². The van der Waals surface area contributed by atoms with Crippen molar-refractivity contribution < 1.29 is 29.0 Å². The van der Waals surface area contributed by atoms with E-state index in [0.717, 1.165) is 19.6 Å². The van der Waals surface area contributed by atoms with Gasteiger partial charge in [-0.3, -0.25) is 19.3 Å². The molecule has 3 saturated heterocycles. The van der Waals surface area contributed by atoms with Crippen LogP contribution in [0.1, 0.15) is 20.3 Å². The molecule has 0 aromatic rings. The molecule has 35 heavy (non-hydrogen) atoms. The van der Waals surface area contributed by atoms with Gasteiger partial charge >= 0.3 is 5.97 Å². The Kier molecular flexibility index (Phi) is 6.76. The highest BCUT2D eigenvalue weighted by Gasteiger charge is 2.74. The number of fused-ring (bicyclic) bond motifs is 2. The van der Waals surface area contributed by atoms with Gasteiger partial charge in [0.05, 0.1) is 49.1 Å². The van der Waals surface area contributed by atoms with Gasteiger partial charge in [0, 0.05) is 37.5 Å². The van der Waals surface area contributed by atoms with Crippen LogP contribution in [0.2, 0.25) is 0 Å². The first-order chi connectivity index (χ1) is 16.8. The number of likely N-dealkylation sites (tertiary alicyclic amines) is 1. The molecule has 0 aromatic carbocycles. The van der Waals surface area contributed by atoms with Crippen molar-refractivity contribution in [3.05, 3.63) is 24.3 Å². The Morgan fingerprint density at radius 1 is 1.09 bits per heavy atom. The lowest BCUT2D eigenvalue weighted by molar-refractivity contribution is -0.154. The molecule has 1 spiro atoms. The van der Waals surface area contributed by atoms with Gasteiger partial charge in [-0.05, 0) is 20.3 Å². The second-order valence-corrected chi connectivity index (χ2v) is 12.1. The highest BCUT2D eigenvalue weighted by atomic mass is 32.2. The maximum atomic E-state index is 14.2. The van der Waals surface area contributed by atoms with Gasteiger partial charge in [0.25, 0.3) is 0 Å². The monoisotopic (exact) mass is 505 g/mol. The number of aliphatic hydroxyl groups excluding tert-OH is 1. The Hall–Kier alpha value is -1.88. The molecule has 2 amide bonds.